The monoisotopic (exact) mass is 951 g/mol. The van der Waals surface area contributed by atoms with Crippen molar-refractivity contribution >= 4 is 11.0 Å². The molecule has 0 aliphatic carbocycles. The van der Waals surface area contributed by atoms with Crippen molar-refractivity contribution < 1.29 is 34.4 Å². The van der Waals surface area contributed by atoms with E-state index in [4.69, 9.17) is 18.2 Å². The summed E-state index contributed by atoms with van der Waals surface area (Å²) in [5.41, 5.74) is 10.5. The molecular weight excluding hydrogens is 902 g/mol. The predicted octanol–water partition coefficient (Wildman–Crippen LogP) is 13.8. The molecule has 0 aliphatic heterocycles. The minimum atomic E-state index is -2.78. The maximum atomic E-state index is 11.3. The van der Waals surface area contributed by atoms with Gasteiger partial charge in [0.2, 0.25) is 0 Å². The summed E-state index contributed by atoms with van der Waals surface area (Å²) < 4.78 is 53.3. The molecule has 0 radical (unpaired) electrons. The van der Waals surface area contributed by atoms with E-state index in [1.165, 1.54) is 6.07 Å². The van der Waals surface area contributed by atoms with Crippen LogP contribution in [-0.2, 0) is 26.5 Å². The van der Waals surface area contributed by atoms with Crippen LogP contribution in [-0.4, -0.2) is 19.6 Å². The molecule has 0 atom stereocenters. The third kappa shape index (κ3) is 7.69. The van der Waals surface area contributed by atoms with Crippen molar-refractivity contribution in [2.24, 2.45) is 0 Å². The number of phenols is 1. The molecule has 5 heteroatoms. The first-order valence-electron chi connectivity index (χ1n) is 22.3. The van der Waals surface area contributed by atoms with Gasteiger partial charge in [-0.15, -0.1) is 29.3 Å². The van der Waals surface area contributed by atoms with Crippen LogP contribution in [0.5, 0.6) is 5.75 Å². The maximum Gasteiger partial charge on any atom is 0.148 e. The van der Waals surface area contributed by atoms with E-state index >= 15 is 0 Å². The number of aromatic hydroxyl groups is 1. The first-order chi connectivity index (χ1) is 30.5. The van der Waals surface area contributed by atoms with Crippen molar-refractivity contribution in [3.8, 4) is 78.6 Å². The molecule has 1 N–H and O–H groups in total. The van der Waals surface area contributed by atoms with E-state index in [0.29, 0.717) is 33.7 Å². The van der Waals surface area contributed by atoms with Crippen LogP contribution >= 0.6 is 0 Å². The molecule has 0 fully saturated rings. The summed E-state index contributed by atoms with van der Waals surface area (Å²) in [6.45, 7) is 0.959. The molecule has 9 rings (SSSR count). The normalized spacial score (nSPS) is 13.3. The molecule has 2 aromatic heterocycles. The van der Waals surface area contributed by atoms with Gasteiger partial charge in [0.1, 0.15) is 11.6 Å². The second-order valence-electron chi connectivity index (χ2n) is 15.6. The van der Waals surface area contributed by atoms with E-state index in [1.54, 1.807) is 54.6 Å². The number of hydrogen-bond acceptors (Lipinski definition) is 3. The number of phenolic OH excluding ortho intramolecular Hbond substituents is 1. The van der Waals surface area contributed by atoms with Gasteiger partial charge in [-0.3, -0.25) is 9.55 Å². The summed E-state index contributed by atoms with van der Waals surface area (Å²) in [4.78, 5) is 10.1. The smallest absolute Gasteiger partial charge is 0.148 e. The van der Waals surface area contributed by atoms with E-state index in [1.807, 2.05) is 59.3 Å². The van der Waals surface area contributed by atoms with Gasteiger partial charge in [0, 0.05) is 46.9 Å². The Kier molecular flexibility index (Phi) is 8.91. The fraction of sp³-hybridized carbons (Fsp3) is 0.111. The Labute approximate surface area is 369 Å². The molecule has 0 saturated carbocycles. The summed E-state index contributed by atoms with van der Waals surface area (Å²) in [6.07, 6.45) is 1.82. The largest absolute Gasteiger partial charge is 0.507 e. The Morgan fingerprint density at radius 3 is 1.93 bits per heavy atom. The second kappa shape index (κ2) is 16.1. The molecule has 292 valence electrons. The number of nitrogens with zero attached hydrogens (tertiary/aromatic N) is 3. The Morgan fingerprint density at radius 1 is 0.593 bits per heavy atom. The molecule has 0 bridgehead atoms. The number of para-hydroxylation sites is 2. The van der Waals surface area contributed by atoms with E-state index in [-0.39, 0.29) is 48.9 Å². The van der Waals surface area contributed by atoms with Crippen LogP contribution in [0.15, 0.2) is 170 Å². The van der Waals surface area contributed by atoms with E-state index in [0.717, 1.165) is 50.2 Å². The topological polar surface area (TPSA) is 50.9 Å². The zero-order chi connectivity index (χ0) is 45.0. The molecule has 0 spiro atoms. The number of aromatic nitrogens is 3. The Balaban J connectivity index is 0.00000576. The van der Waals surface area contributed by atoms with Crippen LogP contribution < -0.4 is 0 Å². The number of aryl methyl sites for hydroxylation is 1. The SMILES string of the molecule is [2H]C([2H])([2H])c1cc(-n2c(-c3ccccc3O)nc3c(-c4[c-]c(-c5cc(-c6ccc(-c7ccccc7)cc6)ccn5)cc(C(C)(C)C)c4)cccc32)cc(-c2ccccc2)c1C([2H])([2H])[2H].[Pt]. The van der Waals surface area contributed by atoms with Gasteiger partial charge >= 0.3 is 0 Å². The average molecular weight is 952 g/mol. The molecule has 4 nitrogen and oxygen atoms in total. The van der Waals surface area contributed by atoms with Crippen LogP contribution in [0, 0.1) is 19.8 Å². The van der Waals surface area contributed by atoms with Gasteiger partial charge in [-0.1, -0.05) is 147 Å². The fourth-order valence-electron chi connectivity index (χ4n) is 7.55. The van der Waals surface area contributed by atoms with Gasteiger partial charge < -0.3 is 5.11 Å². The van der Waals surface area contributed by atoms with Crippen LogP contribution in [0.3, 0.4) is 0 Å². The summed E-state index contributed by atoms with van der Waals surface area (Å²) >= 11 is 0. The molecule has 0 amide bonds. The summed E-state index contributed by atoms with van der Waals surface area (Å²) in [6, 6.07) is 55.6. The molecule has 0 unspecified atom stereocenters. The van der Waals surface area contributed by atoms with Crippen LogP contribution in [0.25, 0.3) is 83.9 Å². The van der Waals surface area contributed by atoms with Gasteiger partial charge in [-0.2, -0.15) is 0 Å². The Bertz CT molecular complexity index is 3170. The predicted molar refractivity (Wildman–Crippen MR) is 240 cm³/mol. The summed E-state index contributed by atoms with van der Waals surface area (Å²) in [5, 5.41) is 11.3. The van der Waals surface area contributed by atoms with Gasteiger partial charge in [0.05, 0.1) is 16.6 Å². The van der Waals surface area contributed by atoms with Gasteiger partial charge in [-0.25, -0.2) is 4.98 Å². The quantitative estimate of drug-likeness (QED) is 0.162. The molecule has 0 aliphatic rings. The molecule has 2 heterocycles. The van der Waals surface area contributed by atoms with Gasteiger partial charge in [0.15, 0.2) is 0 Å². The molecule has 0 saturated heterocycles. The van der Waals surface area contributed by atoms with Gasteiger partial charge in [0.25, 0.3) is 0 Å². The Hall–Kier alpha value is -6.35. The number of imidazole rings is 1. The number of fused-ring (bicyclic) bond motifs is 1. The van der Waals surface area contributed by atoms with Crippen molar-refractivity contribution in [1.82, 2.24) is 14.5 Å². The maximum absolute atomic E-state index is 11.3. The average Bonchev–Trinajstić information content (AvgIpc) is 3.68. The van der Waals surface area contributed by atoms with E-state index in [2.05, 4.69) is 81.4 Å². The van der Waals surface area contributed by atoms with Crippen LogP contribution in [0.1, 0.15) is 45.7 Å². The van der Waals surface area contributed by atoms with E-state index < -0.39 is 13.7 Å². The number of benzene rings is 7. The minimum Gasteiger partial charge on any atom is -0.507 e. The first kappa shape index (κ1) is 32.6. The minimum absolute atomic E-state index is 0. The standard InChI is InChI=1S/C54H44N3O.Pt/c1-35-29-45(34-48(36(35)2)40-17-10-7-11-18-40)57-50-21-14-20-46(52(50)56-53(57)47-19-12-13-22-51(47)58)42-30-43(32-44(31-42)54(3,4)5)49-33-41(27-28-55-49)39-25-23-38(24-26-39)37-15-8-6-9-16-37;/h6-29,31-34,58H,1-5H3;/q-1;/i1D3,2D3;. The molecule has 59 heavy (non-hydrogen) atoms. The fourth-order valence-corrected chi connectivity index (χ4v) is 7.55. The number of pyridine rings is 1. The molecule has 9 aromatic rings. The van der Waals surface area contributed by atoms with Crippen LogP contribution in [0.4, 0.5) is 0 Å². The van der Waals surface area contributed by atoms with Crippen molar-refractivity contribution in [3.05, 3.63) is 193 Å². The number of hydrogen-bond donors (Lipinski definition) is 1. The summed E-state index contributed by atoms with van der Waals surface area (Å²) in [5.74, 6) is 0.320. The zero-order valence-corrected chi connectivity index (χ0v) is 35.0. The van der Waals surface area contributed by atoms with E-state index in [9.17, 15) is 5.11 Å². The van der Waals surface area contributed by atoms with Crippen molar-refractivity contribution in [2.45, 2.75) is 39.9 Å². The zero-order valence-electron chi connectivity index (χ0n) is 38.8. The molecule has 7 aromatic carbocycles. The first-order valence-corrected chi connectivity index (χ1v) is 19.3. The van der Waals surface area contributed by atoms with Crippen LogP contribution in [0.2, 0.25) is 0 Å². The Morgan fingerprint density at radius 2 is 1.24 bits per heavy atom. The third-order valence-electron chi connectivity index (χ3n) is 10.7. The summed E-state index contributed by atoms with van der Waals surface area (Å²) in [7, 11) is 0. The third-order valence-corrected chi connectivity index (χ3v) is 10.7. The number of rotatable bonds is 7. The van der Waals surface area contributed by atoms with Crippen molar-refractivity contribution in [2.75, 3.05) is 0 Å². The second-order valence-corrected chi connectivity index (χ2v) is 15.6. The van der Waals surface area contributed by atoms with Crippen molar-refractivity contribution in [3.63, 3.8) is 0 Å². The van der Waals surface area contributed by atoms with Gasteiger partial charge in [-0.05, 0) is 100 Å². The van der Waals surface area contributed by atoms with Crippen molar-refractivity contribution in [1.29, 1.82) is 0 Å². The molecular formula is C54H44N3OPt-.